The molecule has 0 aromatic carbocycles. The quantitative estimate of drug-likeness (QED) is 0.716. The summed E-state index contributed by atoms with van der Waals surface area (Å²) in [4.78, 5) is 11.5. The second-order valence-corrected chi connectivity index (χ2v) is 3.58. The van der Waals surface area contributed by atoms with Crippen molar-refractivity contribution in [1.82, 2.24) is 20.1 Å². The molecule has 0 aliphatic heterocycles. The van der Waals surface area contributed by atoms with Crippen LogP contribution in [0.3, 0.4) is 0 Å². The summed E-state index contributed by atoms with van der Waals surface area (Å²) < 4.78 is 1.61. The van der Waals surface area contributed by atoms with Crippen LogP contribution in [0.1, 0.15) is 43.2 Å². The normalized spacial score (nSPS) is 10.3. The number of carbonyl (C=O) groups is 1. The fraction of sp³-hybridized carbons (Fsp3) is 0.700. The summed E-state index contributed by atoms with van der Waals surface area (Å²) >= 11 is 0. The maximum absolute atomic E-state index is 11.5. The van der Waals surface area contributed by atoms with Crippen LogP contribution in [0.2, 0.25) is 0 Å². The Bertz CT molecular complexity index is 308. The van der Waals surface area contributed by atoms with Crippen molar-refractivity contribution in [2.24, 2.45) is 7.05 Å². The van der Waals surface area contributed by atoms with Gasteiger partial charge < -0.3 is 9.88 Å². The largest absolute Gasteiger partial charge is 0.349 e. The van der Waals surface area contributed by atoms with Crippen LogP contribution in [0.25, 0.3) is 0 Å². The number of nitrogens with one attached hydrogen (secondary N) is 1. The minimum Gasteiger partial charge on any atom is -0.349 e. The molecule has 1 aromatic heterocycles. The number of rotatable bonds is 6. The molecule has 1 rings (SSSR count). The highest BCUT2D eigenvalue weighted by Crippen LogP contribution is 1.97. The smallest absolute Gasteiger partial charge is 0.289 e. The average molecular weight is 210 g/mol. The van der Waals surface area contributed by atoms with Crippen molar-refractivity contribution in [3.05, 3.63) is 12.2 Å². The summed E-state index contributed by atoms with van der Waals surface area (Å²) in [6, 6.07) is 0. The molecule has 84 valence electrons. The first kappa shape index (κ1) is 11.7. The first-order chi connectivity index (χ1) is 7.25. The molecule has 0 atom stereocenters. The maximum Gasteiger partial charge on any atom is 0.289 e. The third-order valence-electron chi connectivity index (χ3n) is 2.23. The van der Waals surface area contributed by atoms with Crippen LogP contribution in [0.15, 0.2) is 6.33 Å². The standard InChI is InChI=1S/C10H18N4O/c1-3-4-5-6-7-11-10(15)9-13-12-8-14(9)2/h8H,3-7H2,1-2H3,(H,11,15). The second-order valence-electron chi connectivity index (χ2n) is 3.58. The lowest BCUT2D eigenvalue weighted by Gasteiger charge is -2.03. The predicted octanol–water partition coefficient (Wildman–Crippen LogP) is 1.13. The van der Waals surface area contributed by atoms with E-state index in [2.05, 4.69) is 22.4 Å². The lowest BCUT2D eigenvalue weighted by Crippen LogP contribution is -2.27. The van der Waals surface area contributed by atoms with E-state index in [1.54, 1.807) is 11.6 Å². The van der Waals surface area contributed by atoms with Crippen molar-refractivity contribution in [2.75, 3.05) is 6.54 Å². The number of aromatic nitrogens is 3. The van der Waals surface area contributed by atoms with E-state index in [-0.39, 0.29) is 5.91 Å². The molecule has 1 aromatic rings. The van der Waals surface area contributed by atoms with E-state index in [9.17, 15) is 4.79 Å². The van der Waals surface area contributed by atoms with Gasteiger partial charge in [0, 0.05) is 13.6 Å². The molecule has 0 aliphatic rings. The Kier molecular flexibility index (Phi) is 4.80. The number of hydrogen-bond donors (Lipinski definition) is 1. The molecule has 0 unspecified atom stereocenters. The van der Waals surface area contributed by atoms with Crippen LogP contribution in [-0.4, -0.2) is 27.2 Å². The molecule has 0 saturated heterocycles. The summed E-state index contributed by atoms with van der Waals surface area (Å²) in [5, 5.41) is 10.2. The fourth-order valence-corrected chi connectivity index (χ4v) is 1.32. The van der Waals surface area contributed by atoms with Gasteiger partial charge in [0.1, 0.15) is 6.33 Å². The summed E-state index contributed by atoms with van der Waals surface area (Å²) in [5.41, 5.74) is 0. The topological polar surface area (TPSA) is 59.8 Å². The molecule has 0 fully saturated rings. The molecule has 5 heteroatoms. The van der Waals surface area contributed by atoms with Crippen LogP contribution in [0.5, 0.6) is 0 Å². The molecule has 0 radical (unpaired) electrons. The van der Waals surface area contributed by atoms with Crippen molar-refractivity contribution in [2.45, 2.75) is 32.6 Å². The van der Waals surface area contributed by atoms with E-state index in [1.807, 2.05) is 0 Å². The van der Waals surface area contributed by atoms with E-state index in [4.69, 9.17) is 0 Å². The summed E-state index contributed by atoms with van der Waals surface area (Å²) in [7, 11) is 1.76. The molecule has 0 bridgehead atoms. The SMILES string of the molecule is CCCCCCNC(=O)c1nncn1C. The van der Waals surface area contributed by atoms with Gasteiger partial charge in [-0.1, -0.05) is 26.2 Å². The third kappa shape index (κ3) is 3.69. The van der Waals surface area contributed by atoms with Crippen molar-refractivity contribution < 1.29 is 4.79 Å². The lowest BCUT2D eigenvalue weighted by atomic mass is 10.2. The zero-order chi connectivity index (χ0) is 11.1. The molecule has 0 spiro atoms. The van der Waals surface area contributed by atoms with Gasteiger partial charge in [-0.2, -0.15) is 0 Å². The Morgan fingerprint density at radius 2 is 2.27 bits per heavy atom. The molecule has 0 aliphatic carbocycles. The Hall–Kier alpha value is -1.39. The van der Waals surface area contributed by atoms with E-state index in [1.165, 1.54) is 19.2 Å². The van der Waals surface area contributed by atoms with Crippen molar-refractivity contribution in [3.8, 4) is 0 Å². The molecule has 1 heterocycles. The van der Waals surface area contributed by atoms with Crippen LogP contribution in [0, 0.1) is 0 Å². The monoisotopic (exact) mass is 210 g/mol. The summed E-state index contributed by atoms with van der Waals surface area (Å²) in [6.45, 7) is 2.88. The van der Waals surface area contributed by atoms with Gasteiger partial charge in [-0.25, -0.2) is 0 Å². The minimum atomic E-state index is -0.147. The van der Waals surface area contributed by atoms with Gasteiger partial charge in [-0.05, 0) is 6.42 Å². The Morgan fingerprint density at radius 1 is 1.47 bits per heavy atom. The molecule has 1 amide bonds. The molecule has 1 N–H and O–H groups in total. The fourth-order valence-electron chi connectivity index (χ4n) is 1.32. The van der Waals surface area contributed by atoms with Crippen LogP contribution in [-0.2, 0) is 7.05 Å². The molecular weight excluding hydrogens is 192 g/mol. The van der Waals surface area contributed by atoms with E-state index in [0.717, 1.165) is 12.8 Å². The van der Waals surface area contributed by atoms with Crippen molar-refractivity contribution in [3.63, 3.8) is 0 Å². The van der Waals surface area contributed by atoms with Gasteiger partial charge in [0.25, 0.3) is 5.91 Å². The predicted molar refractivity (Wildman–Crippen MR) is 57.5 cm³/mol. The Labute approximate surface area is 89.9 Å². The van der Waals surface area contributed by atoms with E-state index >= 15 is 0 Å². The molecule has 15 heavy (non-hydrogen) atoms. The highest BCUT2D eigenvalue weighted by molar-refractivity contribution is 5.90. The van der Waals surface area contributed by atoms with Gasteiger partial charge in [0.05, 0.1) is 0 Å². The summed E-state index contributed by atoms with van der Waals surface area (Å²) in [5.74, 6) is 0.219. The number of carbonyl (C=O) groups excluding carboxylic acids is 1. The molecule has 5 nitrogen and oxygen atoms in total. The highest BCUT2D eigenvalue weighted by Gasteiger charge is 2.10. The molecular formula is C10H18N4O. The first-order valence-corrected chi connectivity index (χ1v) is 5.38. The van der Waals surface area contributed by atoms with Gasteiger partial charge in [-0.3, -0.25) is 4.79 Å². The van der Waals surface area contributed by atoms with Crippen molar-refractivity contribution >= 4 is 5.91 Å². The van der Waals surface area contributed by atoms with Crippen LogP contribution >= 0.6 is 0 Å². The maximum atomic E-state index is 11.5. The van der Waals surface area contributed by atoms with Gasteiger partial charge in [0.2, 0.25) is 5.82 Å². The van der Waals surface area contributed by atoms with Crippen molar-refractivity contribution in [1.29, 1.82) is 0 Å². The Balaban J connectivity index is 2.22. The summed E-state index contributed by atoms with van der Waals surface area (Å²) in [6.07, 6.45) is 6.14. The lowest BCUT2D eigenvalue weighted by molar-refractivity contribution is 0.0939. The second kappa shape index (κ2) is 6.16. The molecule has 0 saturated carbocycles. The number of nitrogens with zero attached hydrogens (tertiary/aromatic N) is 3. The van der Waals surface area contributed by atoms with E-state index < -0.39 is 0 Å². The Morgan fingerprint density at radius 3 is 2.87 bits per heavy atom. The zero-order valence-corrected chi connectivity index (χ0v) is 9.36. The van der Waals surface area contributed by atoms with E-state index in [0.29, 0.717) is 12.4 Å². The van der Waals surface area contributed by atoms with Gasteiger partial charge in [-0.15, -0.1) is 10.2 Å². The number of unbranched alkanes of at least 4 members (excludes halogenated alkanes) is 3. The van der Waals surface area contributed by atoms with Crippen LogP contribution < -0.4 is 5.32 Å². The number of hydrogen-bond acceptors (Lipinski definition) is 3. The minimum absolute atomic E-state index is 0.147. The van der Waals surface area contributed by atoms with Crippen LogP contribution in [0.4, 0.5) is 0 Å². The third-order valence-corrected chi connectivity index (χ3v) is 2.23. The zero-order valence-electron chi connectivity index (χ0n) is 9.36. The van der Waals surface area contributed by atoms with Gasteiger partial charge in [0.15, 0.2) is 0 Å². The number of amides is 1. The van der Waals surface area contributed by atoms with Gasteiger partial charge >= 0.3 is 0 Å². The number of aryl methyl sites for hydroxylation is 1. The first-order valence-electron chi connectivity index (χ1n) is 5.38. The average Bonchev–Trinajstić information content (AvgIpc) is 2.64. The highest BCUT2D eigenvalue weighted by atomic mass is 16.2.